The lowest BCUT2D eigenvalue weighted by molar-refractivity contribution is 0.129. The molecular formula is C15H22N2O4. The van der Waals surface area contributed by atoms with Crippen molar-refractivity contribution in [3.63, 3.8) is 0 Å². The molecule has 2 amide bonds. The van der Waals surface area contributed by atoms with Gasteiger partial charge in [-0.1, -0.05) is 0 Å². The van der Waals surface area contributed by atoms with Crippen LogP contribution in [-0.2, 0) is 9.47 Å². The second-order valence-corrected chi connectivity index (χ2v) is 5.19. The third kappa shape index (κ3) is 6.16. The first kappa shape index (κ1) is 16.8. The van der Waals surface area contributed by atoms with E-state index in [9.17, 15) is 9.59 Å². The molecule has 6 nitrogen and oxygen atoms in total. The number of nitrogens with one attached hydrogen (secondary N) is 2. The van der Waals surface area contributed by atoms with Crippen molar-refractivity contribution in [2.75, 3.05) is 10.6 Å². The van der Waals surface area contributed by atoms with Gasteiger partial charge < -0.3 is 9.47 Å². The van der Waals surface area contributed by atoms with E-state index in [1.54, 1.807) is 45.9 Å². The van der Waals surface area contributed by atoms with Gasteiger partial charge >= 0.3 is 12.2 Å². The molecule has 0 aromatic heterocycles. The second-order valence-electron chi connectivity index (χ2n) is 5.19. The second kappa shape index (κ2) is 7.52. The summed E-state index contributed by atoms with van der Waals surface area (Å²) in [5, 5.41) is 5.27. The molecule has 1 aromatic rings. The average molecular weight is 294 g/mol. The lowest BCUT2D eigenvalue weighted by atomic mass is 10.2. The van der Waals surface area contributed by atoms with Crippen LogP contribution in [0.1, 0.15) is 33.3 Å². The van der Waals surface area contributed by atoms with Crippen LogP contribution < -0.4 is 10.6 Å². The number of carbonyl (C=O) groups is 2. The van der Waals surface area contributed by atoms with E-state index in [2.05, 4.69) is 10.6 Å². The van der Waals surface area contributed by atoms with E-state index in [1.807, 2.05) is 6.92 Å². The first-order valence-corrected chi connectivity index (χ1v) is 6.84. The summed E-state index contributed by atoms with van der Waals surface area (Å²) in [4.78, 5) is 23.0. The van der Waals surface area contributed by atoms with Crippen molar-refractivity contribution in [2.45, 2.75) is 46.8 Å². The van der Waals surface area contributed by atoms with Crippen molar-refractivity contribution in [2.24, 2.45) is 0 Å². The zero-order valence-corrected chi connectivity index (χ0v) is 13.0. The number of hydrogen-bond donors (Lipinski definition) is 2. The molecule has 0 aliphatic heterocycles. The van der Waals surface area contributed by atoms with Gasteiger partial charge in [0.1, 0.15) is 0 Å². The van der Waals surface area contributed by atoms with Crippen molar-refractivity contribution < 1.29 is 19.1 Å². The van der Waals surface area contributed by atoms with Crippen LogP contribution in [0.15, 0.2) is 18.2 Å². The normalized spacial score (nSPS) is 10.4. The number of rotatable bonds is 4. The molecule has 0 heterocycles. The van der Waals surface area contributed by atoms with Gasteiger partial charge in [0.2, 0.25) is 0 Å². The summed E-state index contributed by atoms with van der Waals surface area (Å²) in [5.74, 6) is 0. The van der Waals surface area contributed by atoms with Crippen LogP contribution in [0.5, 0.6) is 0 Å². The quantitative estimate of drug-likeness (QED) is 0.882. The van der Waals surface area contributed by atoms with Gasteiger partial charge in [0.15, 0.2) is 0 Å². The van der Waals surface area contributed by atoms with Gasteiger partial charge in [-0.2, -0.15) is 0 Å². The molecule has 0 saturated heterocycles. The molecule has 1 aromatic carbocycles. The first-order valence-electron chi connectivity index (χ1n) is 6.84. The van der Waals surface area contributed by atoms with E-state index in [0.29, 0.717) is 11.4 Å². The molecular weight excluding hydrogens is 272 g/mol. The van der Waals surface area contributed by atoms with E-state index in [0.717, 1.165) is 5.56 Å². The number of aryl methyl sites for hydroxylation is 1. The Morgan fingerprint density at radius 2 is 1.48 bits per heavy atom. The first-order chi connectivity index (χ1) is 9.77. The smallest absolute Gasteiger partial charge is 0.411 e. The van der Waals surface area contributed by atoms with Gasteiger partial charge in [0.25, 0.3) is 0 Å². The van der Waals surface area contributed by atoms with Crippen molar-refractivity contribution >= 4 is 23.6 Å². The minimum atomic E-state index is -0.510. The maximum Gasteiger partial charge on any atom is 0.411 e. The van der Waals surface area contributed by atoms with Crippen LogP contribution in [0.3, 0.4) is 0 Å². The zero-order chi connectivity index (χ0) is 16.0. The Bertz CT molecular complexity index is 512. The summed E-state index contributed by atoms with van der Waals surface area (Å²) in [6.07, 6.45) is -1.38. The highest BCUT2D eigenvalue weighted by Gasteiger charge is 2.10. The number of ether oxygens (including phenoxy) is 2. The van der Waals surface area contributed by atoms with Gasteiger partial charge in [-0.3, -0.25) is 10.6 Å². The van der Waals surface area contributed by atoms with Gasteiger partial charge in [0.05, 0.1) is 12.2 Å². The number of amides is 2. The van der Waals surface area contributed by atoms with Crippen LogP contribution in [0.4, 0.5) is 21.0 Å². The maximum atomic E-state index is 11.5. The molecule has 0 aliphatic carbocycles. The summed E-state index contributed by atoms with van der Waals surface area (Å²) in [6.45, 7) is 8.93. The molecule has 0 radical (unpaired) electrons. The number of anilines is 2. The minimum Gasteiger partial charge on any atom is -0.447 e. The summed E-state index contributed by atoms with van der Waals surface area (Å²) in [7, 11) is 0. The molecule has 0 spiro atoms. The molecule has 6 heteroatoms. The molecule has 21 heavy (non-hydrogen) atoms. The van der Waals surface area contributed by atoms with Gasteiger partial charge in [-0.15, -0.1) is 0 Å². The predicted octanol–water partition coefficient (Wildman–Crippen LogP) is 3.91. The average Bonchev–Trinajstić information content (AvgIpc) is 2.30. The topological polar surface area (TPSA) is 76.7 Å². The summed E-state index contributed by atoms with van der Waals surface area (Å²) >= 11 is 0. The fraction of sp³-hybridized carbons (Fsp3) is 0.467. The lowest BCUT2D eigenvalue weighted by Crippen LogP contribution is -2.19. The Kier molecular flexibility index (Phi) is 6.02. The van der Waals surface area contributed by atoms with E-state index in [4.69, 9.17) is 9.47 Å². The molecule has 0 fully saturated rings. The number of carbonyl (C=O) groups excluding carboxylic acids is 2. The molecule has 2 N–H and O–H groups in total. The molecule has 0 unspecified atom stereocenters. The van der Waals surface area contributed by atoms with Crippen molar-refractivity contribution in [3.05, 3.63) is 23.8 Å². The van der Waals surface area contributed by atoms with Crippen molar-refractivity contribution in [1.82, 2.24) is 0 Å². The van der Waals surface area contributed by atoms with E-state index >= 15 is 0 Å². The molecule has 0 saturated carbocycles. The molecule has 0 bridgehead atoms. The predicted molar refractivity (Wildman–Crippen MR) is 81.7 cm³/mol. The van der Waals surface area contributed by atoms with E-state index in [1.165, 1.54) is 0 Å². The molecule has 1 rings (SSSR count). The van der Waals surface area contributed by atoms with Crippen LogP contribution in [0.2, 0.25) is 0 Å². The van der Waals surface area contributed by atoms with E-state index in [-0.39, 0.29) is 12.2 Å². The van der Waals surface area contributed by atoms with Crippen LogP contribution in [0, 0.1) is 6.92 Å². The summed E-state index contributed by atoms with van der Waals surface area (Å²) in [6, 6.07) is 5.12. The van der Waals surface area contributed by atoms with Crippen LogP contribution in [0.25, 0.3) is 0 Å². The Balaban J connectivity index is 2.67. The Hall–Kier alpha value is -2.24. The third-order valence-electron chi connectivity index (χ3n) is 2.40. The van der Waals surface area contributed by atoms with Crippen LogP contribution in [-0.4, -0.2) is 24.4 Å². The monoisotopic (exact) mass is 294 g/mol. The van der Waals surface area contributed by atoms with Crippen molar-refractivity contribution in [3.8, 4) is 0 Å². The molecule has 0 aliphatic rings. The fourth-order valence-corrected chi connectivity index (χ4v) is 1.60. The summed E-state index contributed by atoms with van der Waals surface area (Å²) < 4.78 is 10.0. The lowest BCUT2D eigenvalue weighted by Gasteiger charge is -2.13. The van der Waals surface area contributed by atoms with Crippen molar-refractivity contribution in [1.29, 1.82) is 0 Å². The Labute approximate surface area is 124 Å². The van der Waals surface area contributed by atoms with Gasteiger partial charge in [-0.25, -0.2) is 9.59 Å². The van der Waals surface area contributed by atoms with Gasteiger partial charge in [-0.05, 0) is 58.4 Å². The Morgan fingerprint density at radius 1 is 0.952 bits per heavy atom. The SMILES string of the molecule is Cc1cc(NC(=O)OC(C)C)ccc1NC(=O)OC(C)C. The minimum absolute atomic E-state index is 0.183. The standard InChI is InChI=1S/C15H22N2O4/c1-9(2)20-14(18)16-12-6-7-13(11(5)8-12)17-15(19)21-10(3)4/h6-10H,1-5H3,(H,16,18)(H,17,19). The maximum absolute atomic E-state index is 11.5. The highest BCUT2D eigenvalue weighted by Crippen LogP contribution is 2.20. The molecule has 0 atom stereocenters. The third-order valence-corrected chi connectivity index (χ3v) is 2.40. The molecule has 116 valence electrons. The zero-order valence-electron chi connectivity index (χ0n) is 13.0. The highest BCUT2D eigenvalue weighted by molar-refractivity contribution is 5.88. The summed E-state index contributed by atoms with van der Waals surface area (Å²) in [5.41, 5.74) is 2.03. The number of benzene rings is 1. The Morgan fingerprint density at radius 3 is 1.95 bits per heavy atom. The largest absolute Gasteiger partial charge is 0.447 e. The fourth-order valence-electron chi connectivity index (χ4n) is 1.60. The van der Waals surface area contributed by atoms with E-state index < -0.39 is 12.2 Å². The van der Waals surface area contributed by atoms with Crippen LogP contribution >= 0.6 is 0 Å². The van der Waals surface area contributed by atoms with Gasteiger partial charge in [0, 0.05) is 11.4 Å². The number of hydrogen-bond acceptors (Lipinski definition) is 4. The highest BCUT2D eigenvalue weighted by atomic mass is 16.6.